The van der Waals surface area contributed by atoms with Crippen molar-refractivity contribution in [3.63, 3.8) is 0 Å². The highest BCUT2D eigenvalue weighted by Crippen LogP contribution is 2.21. The molecule has 0 radical (unpaired) electrons. The van der Waals surface area contributed by atoms with Crippen LogP contribution in [0.15, 0.2) is 70.8 Å². The summed E-state index contributed by atoms with van der Waals surface area (Å²) < 4.78 is 0.986. The molecule has 0 atom stereocenters. The van der Waals surface area contributed by atoms with Gasteiger partial charge in [-0.1, -0.05) is 64.0 Å². The van der Waals surface area contributed by atoms with E-state index in [1.54, 1.807) is 6.20 Å². The highest BCUT2D eigenvalue weighted by molar-refractivity contribution is 9.10. The molecule has 0 aliphatic carbocycles. The zero-order chi connectivity index (χ0) is 19.2. The van der Waals surface area contributed by atoms with Gasteiger partial charge in [-0.15, -0.1) is 0 Å². The fraction of sp³-hybridized carbons (Fsp3) is 0.136. The van der Waals surface area contributed by atoms with Crippen LogP contribution in [0.1, 0.15) is 25.1 Å². The standard InChI is InChI=1S/C22H20BrN3O/c1-15(2)12-19-22(24-14-20(25-19)17-6-4-3-5-7-17)26-21(27)13-16-8-10-18(23)11-9-16/h3-12,14H,13H2,1-2H3,(H,24,26,27). The van der Waals surface area contributed by atoms with Crippen LogP contribution in [0.25, 0.3) is 17.3 Å². The number of nitrogens with one attached hydrogen (secondary N) is 1. The van der Waals surface area contributed by atoms with Crippen LogP contribution in [0, 0.1) is 0 Å². The molecule has 0 saturated heterocycles. The maximum Gasteiger partial charge on any atom is 0.230 e. The number of carbonyl (C=O) groups is 1. The van der Waals surface area contributed by atoms with Crippen LogP contribution in [0.4, 0.5) is 5.82 Å². The highest BCUT2D eigenvalue weighted by atomic mass is 79.9. The Balaban J connectivity index is 1.84. The fourth-order valence-electron chi connectivity index (χ4n) is 2.59. The quantitative estimate of drug-likeness (QED) is 0.590. The molecule has 0 spiro atoms. The SMILES string of the molecule is CC(C)=Cc1nc(-c2ccccc2)cnc1NC(=O)Cc1ccc(Br)cc1. The van der Waals surface area contributed by atoms with Gasteiger partial charge >= 0.3 is 0 Å². The second-order valence-corrected chi connectivity index (χ2v) is 7.34. The minimum Gasteiger partial charge on any atom is -0.309 e. The number of amides is 1. The van der Waals surface area contributed by atoms with Gasteiger partial charge in [-0.25, -0.2) is 9.97 Å². The lowest BCUT2D eigenvalue weighted by molar-refractivity contribution is -0.115. The first-order valence-corrected chi connectivity index (χ1v) is 9.42. The molecule has 4 nitrogen and oxygen atoms in total. The largest absolute Gasteiger partial charge is 0.309 e. The van der Waals surface area contributed by atoms with Crippen LogP contribution in [-0.4, -0.2) is 15.9 Å². The number of benzene rings is 2. The van der Waals surface area contributed by atoms with Gasteiger partial charge in [0.1, 0.15) is 5.69 Å². The van der Waals surface area contributed by atoms with Crippen molar-refractivity contribution in [1.29, 1.82) is 0 Å². The van der Waals surface area contributed by atoms with Crippen LogP contribution in [0.3, 0.4) is 0 Å². The first kappa shape index (κ1) is 19.0. The Morgan fingerprint density at radius 1 is 1.07 bits per heavy atom. The second-order valence-electron chi connectivity index (χ2n) is 6.43. The van der Waals surface area contributed by atoms with Crippen molar-refractivity contribution < 1.29 is 4.79 Å². The molecule has 3 aromatic rings. The molecule has 2 aromatic carbocycles. The maximum atomic E-state index is 12.4. The topological polar surface area (TPSA) is 54.9 Å². The lowest BCUT2D eigenvalue weighted by Gasteiger charge is -2.10. The summed E-state index contributed by atoms with van der Waals surface area (Å²) in [7, 11) is 0. The molecular formula is C22H20BrN3O. The van der Waals surface area contributed by atoms with Crippen LogP contribution in [-0.2, 0) is 11.2 Å². The normalized spacial score (nSPS) is 10.3. The van der Waals surface area contributed by atoms with Gasteiger partial charge in [0.2, 0.25) is 5.91 Å². The molecule has 0 unspecified atom stereocenters. The molecular weight excluding hydrogens is 402 g/mol. The third-order valence-corrected chi connectivity index (χ3v) is 4.36. The number of hydrogen-bond donors (Lipinski definition) is 1. The number of rotatable bonds is 5. The van der Waals surface area contributed by atoms with Gasteiger partial charge < -0.3 is 5.32 Å². The summed E-state index contributed by atoms with van der Waals surface area (Å²) in [5.41, 5.74) is 4.43. The zero-order valence-electron chi connectivity index (χ0n) is 15.2. The number of aromatic nitrogens is 2. The molecule has 0 fully saturated rings. The fourth-order valence-corrected chi connectivity index (χ4v) is 2.85. The van der Waals surface area contributed by atoms with Gasteiger partial charge in [0.05, 0.1) is 18.3 Å². The van der Waals surface area contributed by atoms with Crippen LogP contribution < -0.4 is 5.32 Å². The zero-order valence-corrected chi connectivity index (χ0v) is 16.8. The number of allylic oxidation sites excluding steroid dienone is 1. The molecule has 1 N–H and O–H groups in total. The third-order valence-electron chi connectivity index (χ3n) is 3.83. The molecule has 3 rings (SSSR count). The van der Waals surface area contributed by atoms with Crippen molar-refractivity contribution in [2.24, 2.45) is 0 Å². The molecule has 27 heavy (non-hydrogen) atoms. The Hall–Kier alpha value is -2.79. The van der Waals surface area contributed by atoms with Crippen molar-refractivity contribution in [2.45, 2.75) is 20.3 Å². The van der Waals surface area contributed by atoms with E-state index in [1.807, 2.05) is 74.5 Å². The number of nitrogens with zero attached hydrogens (tertiary/aromatic N) is 2. The molecule has 1 heterocycles. The Kier molecular flexibility index (Phi) is 6.14. The third kappa shape index (κ3) is 5.34. The second kappa shape index (κ2) is 8.73. The summed E-state index contributed by atoms with van der Waals surface area (Å²) >= 11 is 3.40. The molecule has 1 amide bonds. The lowest BCUT2D eigenvalue weighted by atomic mass is 10.1. The van der Waals surface area contributed by atoms with E-state index < -0.39 is 0 Å². The molecule has 1 aromatic heterocycles. The average molecular weight is 422 g/mol. The molecule has 5 heteroatoms. The highest BCUT2D eigenvalue weighted by Gasteiger charge is 2.11. The van der Waals surface area contributed by atoms with E-state index in [4.69, 9.17) is 4.98 Å². The molecule has 0 bridgehead atoms. The first-order chi connectivity index (χ1) is 13.0. The number of hydrogen-bond acceptors (Lipinski definition) is 3. The van der Waals surface area contributed by atoms with Crippen molar-refractivity contribution in [1.82, 2.24) is 9.97 Å². The van der Waals surface area contributed by atoms with Crippen molar-refractivity contribution in [3.8, 4) is 11.3 Å². The summed E-state index contributed by atoms with van der Waals surface area (Å²) in [6.45, 7) is 3.98. The maximum absolute atomic E-state index is 12.4. The van der Waals surface area contributed by atoms with Crippen LogP contribution in [0.2, 0.25) is 0 Å². The minimum atomic E-state index is -0.123. The van der Waals surface area contributed by atoms with Crippen molar-refractivity contribution >= 4 is 33.7 Å². The van der Waals surface area contributed by atoms with E-state index in [9.17, 15) is 4.79 Å². The van der Waals surface area contributed by atoms with Crippen molar-refractivity contribution in [2.75, 3.05) is 5.32 Å². The van der Waals surface area contributed by atoms with E-state index in [1.165, 1.54) is 0 Å². The number of anilines is 1. The van der Waals surface area contributed by atoms with Gasteiger partial charge in [-0.2, -0.15) is 0 Å². The summed E-state index contributed by atoms with van der Waals surface area (Å²) in [5, 5.41) is 2.89. The van der Waals surface area contributed by atoms with Gasteiger partial charge in [0, 0.05) is 10.0 Å². The van der Waals surface area contributed by atoms with E-state index in [0.29, 0.717) is 11.5 Å². The predicted octanol–water partition coefficient (Wildman–Crippen LogP) is 5.51. The van der Waals surface area contributed by atoms with Gasteiger partial charge in [0.15, 0.2) is 5.82 Å². The Morgan fingerprint density at radius 2 is 1.78 bits per heavy atom. The Labute approximate surface area is 167 Å². The van der Waals surface area contributed by atoms with E-state index in [2.05, 4.69) is 26.2 Å². The number of carbonyl (C=O) groups excluding carboxylic acids is 1. The van der Waals surface area contributed by atoms with Gasteiger partial charge in [-0.05, 0) is 37.6 Å². The molecule has 136 valence electrons. The van der Waals surface area contributed by atoms with Gasteiger partial charge in [0.25, 0.3) is 0 Å². The smallest absolute Gasteiger partial charge is 0.230 e. The lowest BCUT2D eigenvalue weighted by Crippen LogP contribution is -2.16. The van der Waals surface area contributed by atoms with Crippen LogP contribution in [0.5, 0.6) is 0 Å². The van der Waals surface area contributed by atoms with E-state index in [0.717, 1.165) is 26.9 Å². The van der Waals surface area contributed by atoms with Crippen LogP contribution >= 0.6 is 15.9 Å². The summed E-state index contributed by atoms with van der Waals surface area (Å²) in [6.07, 6.45) is 3.89. The van der Waals surface area contributed by atoms with Crippen molar-refractivity contribution in [3.05, 3.63) is 82.1 Å². The Morgan fingerprint density at radius 3 is 2.44 bits per heavy atom. The predicted molar refractivity (Wildman–Crippen MR) is 113 cm³/mol. The summed E-state index contributed by atoms with van der Waals surface area (Å²) in [4.78, 5) is 21.6. The molecule has 0 aliphatic heterocycles. The first-order valence-electron chi connectivity index (χ1n) is 8.63. The van der Waals surface area contributed by atoms with Gasteiger partial charge in [-0.3, -0.25) is 4.79 Å². The monoisotopic (exact) mass is 421 g/mol. The van der Waals surface area contributed by atoms with E-state index >= 15 is 0 Å². The van der Waals surface area contributed by atoms with E-state index in [-0.39, 0.29) is 12.3 Å². The summed E-state index contributed by atoms with van der Waals surface area (Å²) in [6, 6.07) is 17.6. The summed E-state index contributed by atoms with van der Waals surface area (Å²) in [5.74, 6) is 0.348. The average Bonchev–Trinajstić information content (AvgIpc) is 2.65. The minimum absolute atomic E-state index is 0.123. The molecule has 0 saturated carbocycles. The number of halogens is 1. The molecule has 0 aliphatic rings. The Bertz CT molecular complexity index is 963.